The molecule has 7 heteroatoms. The highest BCUT2D eigenvalue weighted by Gasteiger charge is 2.30. The smallest absolute Gasteiger partial charge is 0.340 e. The Bertz CT molecular complexity index is 813. The van der Waals surface area contributed by atoms with E-state index in [1.54, 1.807) is 38.3 Å². The molecule has 0 radical (unpaired) electrons. The monoisotopic (exact) mass is 345 g/mol. The predicted octanol–water partition coefficient (Wildman–Crippen LogP) is 2.74. The van der Waals surface area contributed by atoms with Gasteiger partial charge in [0.25, 0.3) is 0 Å². The summed E-state index contributed by atoms with van der Waals surface area (Å²) in [5, 5.41) is 19.5. The number of ether oxygens (including phenoxy) is 2. The number of aromatic nitrogens is 1. The number of hydrogen-bond acceptors (Lipinski definition) is 6. The van der Waals surface area contributed by atoms with Gasteiger partial charge in [0.15, 0.2) is 5.75 Å². The van der Waals surface area contributed by atoms with E-state index in [-0.39, 0.29) is 17.0 Å². The number of carboxylic acid groups (broad SMARTS) is 1. The molecule has 0 fully saturated rings. The van der Waals surface area contributed by atoms with Crippen molar-refractivity contribution in [3.8, 4) is 11.5 Å². The van der Waals surface area contributed by atoms with Crippen molar-refractivity contribution in [2.45, 2.75) is 19.8 Å². The third-order valence-electron chi connectivity index (χ3n) is 4.00. The fourth-order valence-corrected chi connectivity index (χ4v) is 2.60. The highest BCUT2D eigenvalue weighted by atomic mass is 16.5. The van der Waals surface area contributed by atoms with Crippen LogP contribution in [0.4, 0.5) is 0 Å². The van der Waals surface area contributed by atoms with Crippen LogP contribution in [0.25, 0.3) is 0 Å². The van der Waals surface area contributed by atoms with Crippen LogP contribution in [-0.2, 0) is 4.74 Å². The summed E-state index contributed by atoms with van der Waals surface area (Å²) in [6, 6.07) is 7.12. The maximum absolute atomic E-state index is 12.2. The summed E-state index contributed by atoms with van der Waals surface area (Å²) in [6.45, 7) is 3.27. The number of rotatable bonds is 5. The zero-order chi connectivity index (χ0) is 18.7. The largest absolute Gasteiger partial charge is 0.505 e. The van der Waals surface area contributed by atoms with E-state index in [0.717, 1.165) is 12.7 Å². The van der Waals surface area contributed by atoms with Crippen LogP contribution >= 0.6 is 0 Å². The number of aromatic carboxylic acids is 1. The van der Waals surface area contributed by atoms with Gasteiger partial charge in [-0.05, 0) is 24.6 Å². The van der Waals surface area contributed by atoms with Crippen molar-refractivity contribution in [3.63, 3.8) is 0 Å². The molecule has 2 N–H and O–H groups in total. The molecule has 0 saturated heterocycles. The zero-order valence-electron chi connectivity index (χ0n) is 14.4. The average Bonchev–Trinajstić information content (AvgIpc) is 2.61. The van der Waals surface area contributed by atoms with E-state index in [1.807, 2.05) is 0 Å². The molecule has 0 aliphatic heterocycles. The summed E-state index contributed by atoms with van der Waals surface area (Å²) < 4.78 is 9.83. The van der Waals surface area contributed by atoms with Gasteiger partial charge in [-0.15, -0.1) is 0 Å². The Hall–Kier alpha value is -3.09. The van der Waals surface area contributed by atoms with Crippen LogP contribution < -0.4 is 4.74 Å². The van der Waals surface area contributed by atoms with Gasteiger partial charge in [0, 0.05) is 5.92 Å². The maximum atomic E-state index is 12.2. The summed E-state index contributed by atoms with van der Waals surface area (Å²) in [7, 11) is 2.70. The van der Waals surface area contributed by atoms with Crippen molar-refractivity contribution >= 4 is 11.9 Å². The SMILES string of the molecule is COC(=O)c1c(C(C)c2ccc(OC)cc2)nc(C)c(O)c1C(=O)O. The molecule has 0 aliphatic rings. The topological polar surface area (TPSA) is 106 Å². The second kappa shape index (κ2) is 7.21. The lowest BCUT2D eigenvalue weighted by Gasteiger charge is -2.19. The van der Waals surface area contributed by atoms with Crippen molar-refractivity contribution in [1.82, 2.24) is 4.98 Å². The van der Waals surface area contributed by atoms with Crippen LogP contribution in [0.1, 0.15) is 50.5 Å². The van der Waals surface area contributed by atoms with Crippen LogP contribution in [0.5, 0.6) is 11.5 Å². The molecule has 0 bridgehead atoms. The van der Waals surface area contributed by atoms with Gasteiger partial charge >= 0.3 is 11.9 Å². The summed E-state index contributed by atoms with van der Waals surface area (Å²) in [5.41, 5.74) is 0.404. The van der Waals surface area contributed by atoms with Crippen LogP contribution in [0.2, 0.25) is 0 Å². The minimum atomic E-state index is -1.42. The van der Waals surface area contributed by atoms with Gasteiger partial charge in [0.05, 0.1) is 25.6 Å². The van der Waals surface area contributed by atoms with E-state index in [9.17, 15) is 19.8 Å². The number of nitrogens with zero attached hydrogens (tertiary/aromatic N) is 1. The second-order valence-corrected chi connectivity index (χ2v) is 5.47. The van der Waals surface area contributed by atoms with Gasteiger partial charge in [-0.2, -0.15) is 0 Å². The quantitative estimate of drug-likeness (QED) is 0.803. The Morgan fingerprint density at radius 3 is 2.20 bits per heavy atom. The van der Waals surface area contributed by atoms with Gasteiger partial charge in [0.1, 0.15) is 16.9 Å². The number of carboxylic acids is 1. The minimum absolute atomic E-state index is 0.125. The molecule has 25 heavy (non-hydrogen) atoms. The number of aryl methyl sites for hydroxylation is 1. The molecule has 1 aromatic heterocycles. The molecule has 1 unspecified atom stereocenters. The van der Waals surface area contributed by atoms with Crippen molar-refractivity contribution in [1.29, 1.82) is 0 Å². The fourth-order valence-electron chi connectivity index (χ4n) is 2.60. The predicted molar refractivity (Wildman–Crippen MR) is 89.4 cm³/mol. The Morgan fingerprint density at radius 1 is 1.12 bits per heavy atom. The van der Waals surface area contributed by atoms with Gasteiger partial charge < -0.3 is 19.7 Å². The maximum Gasteiger partial charge on any atom is 0.340 e. The molecule has 0 aliphatic carbocycles. The molecule has 1 heterocycles. The van der Waals surface area contributed by atoms with Crippen LogP contribution in [-0.4, -0.2) is 41.4 Å². The molecule has 2 rings (SSSR count). The Kier molecular flexibility index (Phi) is 5.26. The Morgan fingerprint density at radius 2 is 1.72 bits per heavy atom. The minimum Gasteiger partial charge on any atom is -0.505 e. The first-order valence-electron chi connectivity index (χ1n) is 7.50. The molecule has 0 amide bonds. The van der Waals surface area contributed by atoms with Gasteiger partial charge in [-0.3, -0.25) is 4.98 Å². The molecule has 1 aromatic carbocycles. The van der Waals surface area contributed by atoms with Crippen LogP contribution in [0.3, 0.4) is 0 Å². The molecule has 1 atom stereocenters. The summed E-state index contributed by atoms with van der Waals surface area (Å²) >= 11 is 0. The van der Waals surface area contributed by atoms with Crippen molar-refractivity contribution < 1.29 is 29.3 Å². The van der Waals surface area contributed by atoms with Crippen LogP contribution in [0, 0.1) is 6.92 Å². The Labute approximate surface area is 144 Å². The van der Waals surface area contributed by atoms with E-state index in [0.29, 0.717) is 5.75 Å². The molecular formula is C18H19NO6. The number of carbonyl (C=O) groups excluding carboxylic acids is 1. The van der Waals surface area contributed by atoms with Gasteiger partial charge in [0.2, 0.25) is 0 Å². The lowest BCUT2D eigenvalue weighted by molar-refractivity contribution is 0.0578. The highest BCUT2D eigenvalue weighted by Crippen LogP contribution is 2.34. The Balaban J connectivity index is 2.69. The van der Waals surface area contributed by atoms with E-state index in [2.05, 4.69) is 4.98 Å². The summed E-state index contributed by atoms with van der Waals surface area (Å²) in [6.07, 6.45) is 0. The highest BCUT2D eigenvalue weighted by molar-refractivity contribution is 6.05. The molecule has 0 spiro atoms. The number of pyridine rings is 1. The lowest BCUT2D eigenvalue weighted by atomic mass is 9.91. The molecule has 2 aromatic rings. The summed E-state index contributed by atoms with van der Waals surface area (Å²) in [4.78, 5) is 28.1. The molecule has 7 nitrogen and oxygen atoms in total. The van der Waals surface area contributed by atoms with E-state index in [4.69, 9.17) is 9.47 Å². The van der Waals surface area contributed by atoms with Crippen LogP contribution in [0.15, 0.2) is 24.3 Å². The normalized spacial score (nSPS) is 11.7. The standard InChI is InChI=1S/C18H19NO6/c1-9(11-5-7-12(24-3)8-6-11)15-13(18(23)25-4)14(17(21)22)16(20)10(2)19-15/h5-9,20H,1-4H3,(H,21,22). The number of esters is 1. The average molecular weight is 345 g/mol. The van der Waals surface area contributed by atoms with E-state index >= 15 is 0 Å². The van der Waals surface area contributed by atoms with E-state index in [1.165, 1.54) is 6.92 Å². The summed E-state index contributed by atoms with van der Waals surface area (Å²) in [5.74, 6) is -2.57. The van der Waals surface area contributed by atoms with Crippen molar-refractivity contribution in [2.24, 2.45) is 0 Å². The van der Waals surface area contributed by atoms with Crippen molar-refractivity contribution in [2.75, 3.05) is 14.2 Å². The zero-order valence-corrected chi connectivity index (χ0v) is 14.4. The van der Waals surface area contributed by atoms with Gasteiger partial charge in [-0.1, -0.05) is 19.1 Å². The number of carbonyl (C=O) groups is 2. The second-order valence-electron chi connectivity index (χ2n) is 5.47. The first kappa shape index (κ1) is 18.3. The molecule has 132 valence electrons. The third-order valence-corrected chi connectivity index (χ3v) is 4.00. The number of benzene rings is 1. The van der Waals surface area contributed by atoms with E-state index < -0.39 is 29.2 Å². The first-order chi connectivity index (χ1) is 11.8. The molecule has 0 saturated carbocycles. The first-order valence-corrected chi connectivity index (χ1v) is 7.50. The third kappa shape index (κ3) is 3.40. The van der Waals surface area contributed by atoms with Crippen molar-refractivity contribution in [3.05, 3.63) is 52.3 Å². The van der Waals surface area contributed by atoms with Gasteiger partial charge in [-0.25, -0.2) is 9.59 Å². The fraction of sp³-hybridized carbons (Fsp3) is 0.278. The number of aromatic hydroxyl groups is 1. The number of methoxy groups -OCH3 is 2. The lowest BCUT2D eigenvalue weighted by Crippen LogP contribution is -2.18. The molecular weight excluding hydrogens is 326 g/mol. The number of hydrogen-bond donors (Lipinski definition) is 2.